The normalized spacial score (nSPS) is 15.1. The van der Waals surface area contributed by atoms with Crippen LogP contribution in [-0.2, 0) is 4.79 Å². The minimum absolute atomic E-state index is 0.145. The number of amidine groups is 1. The predicted molar refractivity (Wildman–Crippen MR) is 88.6 cm³/mol. The van der Waals surface area contributed by atoms with Crippen molar-refractivity contribution in [2.75, 3.05) is 14.2 Å². The molecule has 2 aromatic carbocycles. The number of carbonyl (C=O) groups excluding carboxylic acids is 1. The molecule has 0 aromatic heterocycles. The van der Waals surface area contributed by atoms with E-state index in [2.05, 4.69) is 10.3 Å². The molecular formula is C18H14F2N2O3. The molecule has 2 aromatic rings. The van der Waals surface area contributed by atoms with Crippen LogP contribution in [0.2, 0.25) is 0 Å². The van der Waals surface area contributed by atoms with Gasteiger partial charge in [0.15, 0.2) is 23.1 Å². The quantitative estimate of drug-likeness (QED) is 0.868. The summed E-state index contributed by atoms with van der Waals surface area (Å²) in [6.07, 6.45) is 1.56. The molecule has 25 heavy (non-hydrogen) atoms. The fraction of sp³-hybridized carbons (Fsp3) is 0.111. The second kappa shape index (κ2) is 6.72. The average molecular weight is 344 g/mol. The number of hydrogen-bond donors (Lipinski definition) is 1. The number of methoxy groups -OCH3 is 2. The highest BCUT2D eigenvalue weighted by molar-refractivity contribution is 6.19. The number of aliphatic imine (C=N–C) groups is 1. The number of nitrogens with one attached hydrogen (secondary N) is 1. The Morgan fingerprint density at radius 3 is 2.44 bits per heavy atom. The molecule has 0 saturated carbocycles. The van der Waals surface area contributed by atoms with Crippen molar-refractivity contribution in [3.63, 3.8) is 0 Å². The van der Waals surface area contributed by atoms with Crippen LogP contribution in [0.5, 0.6) is 11.5 Å². The number of benzene rings is 2. The number of nitrogens with zero attached hydrogens (tertiary/aromatic N) is 1. The van der Waals surface area contributed by atoms with E-state index in [9.17, 15) is 13.6 Å². The van der Waals surface area contributed by atoms with Gasteiger partial charge in [-0.3, -0.25) is 4.79 Å². The SMILES string of the molecule is COc1ccc(/C=C2/N=C(c3ccc(F)c(F)c3)NC2=O)cc1OC. The minimum atomic E-state index is -1.01. The lowest BCUT2D eigenvalue weighted by Crippen LogP contribution is -2.24. The summed E-state index contributed by atoms with van der Waals surface area (Å²) in [7, 11) is 3.04. The van der Waals surface area contributed by atoms with E-state index in [4.69, 9.17) is 9.47 Å². The largest absolute Gasteiger partial charge is 0.493 e. The van der Waals surface area contributed by atoms with Gasteiger partial charge in [0, 0.05) is 5.56 Å². The maximum Gasteiger partial charge on any atom is 0.275 e. The van der Waals surface area contributed by atoms with E-state index in [-0.39, 0.29) is 17.1 Å². The zero-order chi connectivity index (χ0) is 18.0. The average Bonchev–Trinajstić information content (AvgIpc) is 2.97. The van der Waals surface area contributed by atoms with Gasteiger partial charge >= 0.3 is 0 Å². The van der Waals surface area contributed by atoms with Gasteiger partial charge in [-0.1, -0.05) is 6.07 Å². The molecule has 0 bridgehead atoms. The van der Waals surface area contributed by atoms with Crippen LogP contribution in [0.15, 0.2) is 47.1 Å². The lowest BCUT2D eigenvalue weighted by atomic mass is 10.1. The molecule has 0 saturated heterocycles. The Bertz CT molecular complexity index is 907. The Balaban J connectivity index is 1.94. The Morgan fingerprint density at radius 2 is 1.76 bits per heavy atom. The minimum Gasteiger partial charge on any atom is -0.493 e. The third-order valence-corrected chi connectivity index (χ3v) is 3.60. The maximum absolute atomic E-state index is 13.3. The van der Waals surface area contributed by atoms with E-state index >= 15 is 0 Å². The topological polar surface area (TPSA) is 59.9 Å². The molecule has 0 spiro atoms. The van der Waals surface area contributed by atoms with Crippen LogP contribution in [0.1, 0.15) is 11.1 Å². The highest BCUT2D eigenvalue weighted by atomic mass is 19.2. The molecule has 7 heteroatoms. The van der Waals surface area contributed by atoms with Gasteiger partial charge in [-0.2, -0.15) is 0 Å². The molecule has 1 heterocycles. The zero-order valence-electron chi connectivity index (χ0n) is 13.5. The van der Waals surface area contributed by atoms with Crippen molar-refractivity contribution < 1.29 is 23.0 Å². The molecule has 0 radical (unpaired) electrons. The number of ether oxygens (including phenoxy) is 2. The molecule has 1 aliphatic heterocycles. The molecule has 0 atom stereocenters. The molecule has 1 N–H and O–H groups in total. The van der Waals surface area contributed by atoms with E-state index in [0.29, 0.717) is 17.1 Å². The zero-order valence-corrected chi connectivity index (χ0v) is 13.5. The first-order valence-electron chi connectivity index (χ1n) is 7.31. The fourth-order valence-corrected chi connectivity index (χ4v) is 2.35. The van der Waals surface area contributed by atoms with Gasteiger partial charge in [-0.05, 0) is 42.0 Å². The van der Waals surface area contributed by atoms with Crippen LogP contribution < -0.4 is 14.8 Å². The van der Waals surface area contributed by atoms with Gasteiger partial charge in [-0.25, -0.2) is 13.8 Å². The Morgan fingerprint density at radius 1 is 1.00 bits per heavy atom. The van der Waals surface area contributed by atoms with Gasteiger partial charge < -0.3 is 14.8 Å². The summed E-state index contributed by atoms with van der Waals surface area (Å²) >= 11 is 0. The first kappa shape index (κ1) is 16.6. The van der Waals surface area contributed by atoms with Crippen LogP contribution >= 0.6 is 0 Å². The standard InChI is InChI=1S/C18H14F2N2O3/c1-24-15-6-3-10(8-16(15)25-2)7-14-18(23)22-17(21-14)11-4-5-12(19)13(20)9-11/h3-9H,1-2H3,(H,21,22,23)/b14-7+. The van der Waals surface area contributed by atoms with Crippen LogP contribution in [-0.4, -0.2) is 26.0 Å². The first-order chi connectivity index (χ1) is 12.0. The van der Waals surface area contributed by atoms with E-state index in [0.717, 1.165) is 12.1 Å². The Kier molecular flexibility index (Phi) is 4.47. The van der Waals surface area contributed by atoms with Crippen molar-refractivity contribution in [2.24, 2.45) is 4.99 Å². The Hall–Kier alpha value is -3.22. The fourth-order valence-electron chi connectivity index (χ4n) is 2.35. The molecular weight excluding hydrogens is 330 g/mol. The van der Waals surface area contributed by atoms with Gasteiger partial charge in [0.1, 0.15) is 11.5 Å². The lowest BCUT2D eigenvalue weighted by Gasteiger charge is -2.07. The van der Waals surface area contributed by atoms with Gasteiger partial charge in [0.2, 0.25) is 0 Å². The van der Waals surface area contributed by atoms with Crippen molar-refractivity contribution in [1.29, 1.82) is 0 Å². The summed E-state index contributed by atoms with van der Waals surface area (Å²) in [5.74, 6) is -1.17. The lowest BCUT2D eigenvalue weighted by molar-refractivity contribution is -0.115. The molecule has 0 aliphatic carbocycles. The molecule has 3 rings (SSSR count). The third kappa shape index (κ3) is 3.35. The van der Waals surface area contributed by atoms with Crippen molar-refractivity contribution in [1.82, 2.24) is 5.32 Å². The number of carbonyl (C=O) groups is 1. The molecule has 0 fully saturated rings. The van der Waals surface area contributed by atoms with Crippen molar-refractivity contribution in [3.05, 3.63) is 64.9 Å². The second-order valence-electron chi connectivity index (χ2n) is 5.19. The second-order valence-corrected chi connectivity index (χ2v) is 5.19. The van der Waals surface area contributed by atoms with Crippen molar-refractivity contribution >= 4 is 17.8 Å². The molecule has 1 aliphatic rings. The predicted octanol–water partition coefficient (Wildman–Crippen LogP) is 2.90. The van der Waals surface area contributed by atoms with Gasteiger partial charge in [0.25, 0.3) is 5.91 Å². The number of hydrogen-bond acceptors (Lipinski definition) is 4. The molecule has 1 amide bonds. The maximum atomic E-state index is 13.3. The van der Waals surface area contributed by atoms with Gasteiger partial charge in [0.05, 0.1) is 14.2 Å². The van der Waals surface area contributed by atoms with Crippen LogP contribution in [0.3, 0.4) is 0 Å². The summed E-state index contributed by atoms with van der Waals surface area (Å²) in [5.41, 5.74) is 1.10. The van der Waals surface area contributed by atoms with Crippen molar-refractivity contribution in [2.45, 2.75) is 0 Å². The van der Waals surface area contributed by atoms with Crippen LogP contribution in [0.4, 0.5) is 8.78 Å². The third-order valence-electron chi connectivity index (χ3n) is 3.60. The van der Waals surface area contributed by atoms with E-state index in [1.54, 1.807) is 24.3 Å². The number of amides is 1. The van der Waals surface area contributed by atoms with E-state index in [1.807, 2.05) is 0 Å². The smallest absolute Gasteiger partial charge is 0.275 e. The molecule has 5 nitrogen and oxygen atoms in total. The number of halogens is 2. The van der Waals surface area contributed by atoms with E-state index < -0.39 is 17.5 Å². The molecule has 128 valence electrons. The van der Waals surface area contributed by atoms with Crippen molar-refractivity contribution in [3.8, 4) is 11.5 Å². The summed E-state index contributed by atoms with van der Waals surface area (Å²) in [5, 5.41) is 2.54. The Labute approximate surface area is 142 Å². The summed E-state index contributed by atoms with van der Waals surface area (Å²) in [6, 6.07) is 8.45. The van der Waals surface area contributed by atoms with Gasteiger partial charge in [-0.15, -0.1) is 0 Å². The van der Waals surface area contributed by atoms with Crippen LogP contribution in [0.25, 0.3) is 6.08 Å². The first-order valence-corrected chi connectivity index (χ1v) is 7.31. The highest BCUT2D eigenvalue weighted by Crippen LogP contribution is 2.29. The number of rotatable bonds is 4. The van der Waals surface area contributed by atoms with E-state index in [1.165, 1.54) is 20.3 Å². The highest BCUT2D eigenvalue weighted by Gasteiger charge is 2.22. The molecule has 0 unspecified atom stereocenters. The monoisotopic (exact) mass is 344 g/mol. The van der Waals surface area contributed by atoms with Crippen LogP contribution in [0, 0.1) is 11.6 Å². The summed E-state index contributed by atoms with van der Waals surface area (Å²) < 4.78 is 36.7. The summed E-state index contributed by atoms with van der Waals surface area (Å²) in [6.45, 7) is 0. The summed E-state index contributed by atoms with van der Waals surface area (Å²) in [4.78, 5) is 16.2.